The second kappa shape index (κ2) is 5.95. The Hall–Kier alpha value is -1.10. The SMILES string of the molecule is CC(C)(C)Oc1nc(N2CCSC(C)(C)CC2)ccc1N. The van der Waals surface area contributed by atoms with Gasteiger partial charge in [0.25, 0.3) is 0 Å². The molecule has 1 saturated heterocycles. The Morgan fingerprint density at radius 2 is 2.00 bits per heavy atom. The number of nitrogen functional groups attached to an aromatic ring is 1. The Morgan fingerprint density at radius 1 is 1.29 bits per heavy atom. The fourth-order valence-electron chi connectivity index (χ4n) is 2.24. The van der Waals surface area contributed by atoms with E-state index in [0.717, 1.165) is 31.1 Å². The van der Waals surface area contributed by atoms with E-state index in [9.17, 15) is 0 Å². The zero-order valence-corrected chi connectivity index (χ0v) is 14.6. The van der Waals surface area contributed by atoms with Crippen LogP contribution in [0.3, 0.4) is 0 Å². The van der Waals surface area contributed by atoms with Crippen LogP contribution >= 0.6 is 11.8 Å². The normalized spacial score (nSPS) is 19.2. The molecule has 1 aromatic rings. The summed E-state index contributed by atoms with van der Waals surface area (Å²) >= 11 is 2.03. The smallest absolute Gasteiger partial charge is 0.239 e. The number of nitrogens with two attached hydrogens (primary N) is 1. The number of ether oxygens (including phenoxy) is 1. The van der Waals surface area contributed by atoms with E-state index in [2.05, 4.69) is 23.7 Å². The van der Waals surface area contributed by atoms with Crippen LogP contribution in [-0.2, 0) is 0 Å². The molecule has 118 valence electrons. The molecule has 0 atom stereocenters. The summed E-state index contributed by atoms with van der Waals surface area (Å²) in [6.07, 6.45) is 1.15. The molecule has 0 saturated carbocycles. The van der Waals surface area contributed by atoms with E-state index in [1.54, 1.807) is 0 Å². The van der Waals surface area contributed by atoms with Gasteiger partial charge in [0.2, 0.25) is 5.88 Å². The molecule has 0 unspecified atom stereocenters. The van der Waals surface area contributed by atoms with E-state index in [-0.39, 0.29) is 5.60 Å². The van der Waals surface area contributed by atoms with Crippen molar-refractivity contribution in [2.75, 3.05) is 29.5 Å². The van der Waals surface area contributed by atoms with Gasteiger partial charge in [-0.2, -0.15) is 16.7 Å². The first-order chi connectivity index (χ1) is 9.66. The minimum Gasteiger partial charge on any atom is -0.470 e. The summed E-state index contributed by atoms with van der Waals surface area (Å²) in [5.74, 6) is 2.62. The van der Waals surface area contributed by atoms with Crippen molar-refractivity contribution in [1.82, 2.24) is 4.98 Å². The summed E-state index contributed by atoms with van der Waals surface area (Å²) < 4.78 is 6.21. The molecule has 0 spiro atoms. The molecule has 0 amide bonds. The standard InChI is InChI=1S/C16H27N3OS/c1-15(2,3)20-14-12(17)6-7-13(18-14)19-9-8-16(4,5)21-11-10-19/h6-7H,8-11,17H2,1-5H3. The van der Waals surface area contributed by atoms with E-state index < -0.39 is 0 Å². The average Bonchev–Trinajstić information content (AvgIpc) is 2.51. The molecule has 1 aliphatic rings. The van der Waals surface area contributed by atoms with Crippen molar-refractivity contribution in [2.24, 2.45) is 0 Å². The topological polar surface area (TPSA) is 51.4 Å². The Balaban J connectivity index is 2.18. The third kappa shape index (κ3) is 4.70. The van der Waals surface area contributed by atoms with Crippen molar-refractivity contribution >= 4 is 23.3 Å². The van der Waals surface area contributed by atoms with Gasteiger partial charge in [0.15, 0.2) is 0 Å². The largest absolute Gasteiger partial charge is 0.470 e. The number of aromatic nitrogens is 1. The molecule has 1 fully saturated rings. The molecule has 21 heavy (non-hydrogen) atoms. The minimum absolute atomic E-state index is 0.295. The maximum absolute atomic E-state index is 5.99. The number of anilines is 2. The Kier molecular flexibility index (Phi) is 4.61. The molecule has 2 heterocycles. The number of rotatable bonds is 2. The van der Waals surface area contributed by atoms with Crippen molar-refractivity contribution in [3.8, 4) is 5.88 Å². The molecule has 1 aromatic heterocycles. The maximum Gasteiger partial charge on any atom is 0.239 e. The van der Waals surface area contributed by atoms with Gasteiger partial charge in [0.1, 0.15) is 11.4 Å². The molecule has 0 radical (unpaired) electrons. The van der Waals surface area contributed by atoms with Crippen LogP contribution in [0.2, 0.25) is 0 Å². The highest BCUT2D eigenvalue weighted by molar-refractivity contribution is 8.00. The van der Waals surface area contributed by atoms with E-state index in [1.807, 2.05) is 44.7 Å². The van der Waals surface area contributed by atoms with Gasteiger partial charge in [-0.25, -0.2) is 0 Å². The van der Waals surface area contributed by atoms with Crippen molar-refractivity contribution in [3.05, 3.63) is 12.1 Å². The lowest BCUT2D eigenvalue weighted by Crippen LogP contribution is -2.29. The first-order valence-electron chi connectivity index (χ1n) is 7.51. The van der Waals surface area contributed by atoms with Gasteiger partial charge in [-0.05, 0) is 39.3 Å². The average molecular weight is 309 g/mol. The van der Waals surface area contributed by atoms with Crippen LogP contribution in [0.4, 0.5) is 11.5 Å². The summed E-state index contributed by atoms with van der Waals surface area (Å²) in [7, 11) is 0. The predicted octanol–water partition coefficient (Wildman–Crippen LogP) is 3.56. The Morgan fingerprint density at radius 3 is 2.67 bits per heavy atom. The third-order valence-electron chi connectivity index (χ3n) is 3.44. The van der Waals surface area contributed by atoms with E-state index in [0.29, 0.717) is 16.3 Å². The van der Waals surface area contributed by atoms with Crippen LogP contribution in [0, 0.1) is 0 Å². The van der Waals surface area contributed by atoms with Crippen molar-refractivity contribution in [1.29, 1.82) is 0 Å². The number of nitrogens with zero attached hydrogens (tertiary/aromatic N) is 2. The molecule has 1 aliphatic heterocycles. The summed E-state index contributed by atoms with van der Waals surface area (Å²) in [6, 6.07) is 3.89. The number of pyridine rings is 1. The van der Waals surface area contributed by atoms with Gasteiger partial charge in [-0.15, -0.1) is 0 Å². The van der Waals surface area contributed by atoms with Crippen LogP contribution in [0.15, 0.2) is 12.1 Å². The van der Waals surface area contributed by atoms with Crippen molar-refractivity contribution < 1.29 is 4.74 Å². The maximum atomic E-state index is 5.99. The van der Waals surface area contributed by atoms with Gasteiger partial charge in [-0.3, -0.25) is 0 Å². The van der Waals surface area contributed by atoms with E-state index in [4.69, 9.17) is 10.5 Å². The summed E-state index contributed by atoms with van der Waals surface area (Å²) in [5.41, 5.74) is 6.29. The first kappa shape index (κ1) is 16.3. The zero-order chi connectivity index (χ0) is 15.7. The van der Waals surface area contributed by atoms with Gasteiger partial charge in [0, 0.05) is 23.6 Å². The lowest BCUT2D eigenvalue weighted by Gasteiger charge is -2.25. The molecule has 0 aliphatic carbocycles. The highest BCUT2D eigenvalue weighted by atomic mass is 32.2. The lowest BCUT2D eigenvalue weighted by molar-refractivity contribution is 0.125. The number of hydrogen-bond acceptors (Lipinski definition) is 5. The Bertz CT molecular complexity index is 497. The highest BCUT2D eigenvalue weighted by Crippen LogP contribution is 2.33. The summed E-state index contributed by atoms with van der Waals surface area (Å²) in [4.78, 5) is 6.97. The molecular formula is C16H27N3OS. The Labute approximate surface area is 132 Å². The first-order valence-corrected chi connectivity index (χ1v) is 8.49. The van der Waals surface area contributed by atoms with Gasteiger partial charge < -0.3 is 15.4 Å². The molecule has 0 aromatic carbocycles. The van der Waals surface area contributed by atoms with E-state index in [1.165, 1.54) is 0 Å². The summed E-state index contributed by atoms with van der Waals surface area (Å²) in [6.45, 7) is 12.7. The molecule has 5 heteroatoms. The van der Waals surface area contributed by atoms with Crippen LogP contribution in [0.5, 0.6) is 5.88 Å². The molecule has 4 nitrogen and oxygen atoms in total. The summed E-state index contributed by atoms with van der Waals surface area (Å²) in [5, 5.41) is 0. The molecular weight excluding hydrogens is 282 g/mol. The highest BCUT2D eigenvalue weighted by Gasteiger charge is 2.25. The third-order valence-corrected chi connectivity index (χ3v) is 4.81. The second-order valence-electron chi connectivity index (χ2n) is 7.12. The van der Waals surface area contributed by atoms with Crippen LogP contribution < -0.4 is 15.4 Å². The van der Waals surface area contributed by atoms with Gasteiger partial charge in [0.05, 0.1) is 5.69 Å². The fourth-order valence-corrected chi connectivity index (χ4v) is 3.34. The van der Waals surface area contributed by atoms with E-state index >= 15 is 0 Å². The second-order valence-corrected chi connectivity index (χ2v) is 8.93. The monoisotopic (exact) mass is 309 g/mol. The fraction of sp³-hybridized carbons (Fsp3) is 0.688. The van der Waals surface area contributed by atoms with Crippen molar-refractivity contribution in [2.45, 2.75) is 51.4 Å². The van der Waals surface area contributed by atoms with Crippen LogP contribution in [-0.4, -0.2) is 34.2 Å². The van der Waals surface area contributed by atoms with Crippen LogP contribution in [0.25, 0.3) is 0 Å². The van der Waals surface area contributed by atoms with Gasteiger partial charge >= 0.3 is 0 Å². The minimum atomic E-state index is -0.295. The number of hydrogen-bond donors (Lipinski definition) is 1. The van der Waals surface area contributed by atoms with Crippen LogP contribution in [0.1, 0.15) is 41.0 Å². The number of thioether (sulfide) groups is 1. The molecule has 2 rings (SSSR count). The molecule has 2 N–H and O–H groups in total. The zero-order valence-electron chi connectivity index (χ0n) is 13.8. The predicted molar refractivity (Wildman–Crippen MR) is 92.4 cm³/mol. The van der Waals surface area contributed by atoms with Crippen molar-refractivity contribution in [3.63, 3.8) is 0 Å². The molecule has 0 bridgehead atoms. The lowest BCUT2D eigenvalue weighted by atomic mass is 10.1. The quantitative estimate of drug-likeness (QED) is 0.905. The van der Waals surface area contributed by atoms with Gasteiger partial charge in [-0.1, -0.05) is 13.8 Å².